The number of carbonyl (C=O) groups excluding carboxylic acids is 1. The van der Waals surface area contributed by atoms with Crippen molar-refractivity contribution in [3.63, 3.8) is 0 Å². The predicted octanol–water partition coefficient (Wildman–Crippen LogP) is 6.08. The van der Waals surface area contributed by atoms with Crippen molar-refractivity contribution < 1.29 is 4.79 Å². The molecule has 4 nitrogen and oxygen atoms in total. The van der Waals surface area contributed by atoms with E-state index in [-0.39, 0.29) is 5.78 Å². The Morgan fingerprint density at radius 1 is 0.970 bits per heavy atom. The van der Waals surface area contributed by atoms with E-state index in [9.17, 15) is 4.79 Å². The summed E-state index contributed by atoms with van der Waals surface area (Å²) in [6.07, 6.45) is 10.1. The molecule has 1 aliphatic heterocycles. The van der Waals surface area contributed by atoms with Crippen molar-refractivity contribution in [2.45, 2.75) is 58.8 Å². The van der Waals surface area contributed by atoms with Crippen LogP contribution < -0.4 is 4.90 Å². The number of hydrogen-bond acceptors (Lipinski definition) is 4. The van der Waals surface area contributed by atoms with Gasteiger partial charge in [-0.3, -0.25) is 9.78 Å². The van der Waals surface area contributed by atoms with E-state index in [4.69, 9.17) is 0 Å². The Labute approximate surface area is 198 Å². The van der Waals surface area contributed by atoms with Gasteiger partial charge in [0.05, 0.1) is 5.69 Å². The molecule has 33 heavy (non-hydrogen) atoms. The Hall–Kier alpha value is -3.01. The van der Waals surface area contributed by atoms with Gasteiger partial charge in [0.25, 0.3) is 0 Å². The van der Waals surface area contributed by atoms with E-state index in [0.717, 1.165) is 60.9 Å². The van der Waals surface area contributed by atoms with Crippen LogP contribution in [0.15, 0.2) is 60.9 Å². The van der Waals surface area contributed by atoms with Crippen molar-refractivity contribution in [1.29, 1.82) is 0 Å². The van der Waals surface area contributed by atoms with Gasteiger partial charge in [0, 0.05) is 43.9 Å². The summed E-state index contributed by atoms with van der Waals surface area (Å²) in [7, 11) is 0. The summed E-state index contributed by atoms with van der Waals surface area (Å²) in [6.45, 7) is 6.64. The number of ketones is 1. The van der Waals surface area contributed by atoms with E-state index in [2.05, 4.69) is 77.2 Å². The highest BCUT2D eigenvalue weighted by molar-refractivity contribution is 5.80. The number of Topliss-reactive ketones (excluding diaryl/α,β-unsaturated/α-hetero) is 1. The van der Waals surface area contributed by atoms with Crippen LogP contribution in [0.1, 0.15) is 56.2 Å². The van der Waals surface area contributed by atoms with Crippen LogP contribution in [0.3, 0.4) is 0 Å². The van der Waals surface area contributed by atoms with Gasteiger partial charge in [-0.05, 0) is 72.9 Å². The molecule has 0 saturated carbocycles. The van der Waals surface area contributed by atoms with E-state index >= 15 is 0 Å². The third-order valence-electron chi connectivity index (χ3n) is 6.69. The van der Waals surface area contributed by atoms with Crippen LogP contribution in [0.4, 0.5) is 5.82 Å². The molecule has 4 heteroatoms. The Morgan fingerprint density at radius 2 is 1.76 bits per heavy atom. The first-order valence-corrected chi connectivity index (χ1v) is 12.4. The average Bonchev–Trinajstić information content (AvgIpc) is 2.85. The molecule has 0 spiro atoms. The summed E-state index contributed by atoms with van der Waals surface area (Å²) in [4.78, 5) is 24.1. The number of pyridine rings is 2. The zero-order valence-corrected chi connectivity index (χ0v) is 20.0. The first-order chi connectivity index (χ1) is 16.1. The third kappa shape index (κ3) is 6.50. The molecule has 0 amide bonds. The van der Waals surface area contributed by atoms with Gasteiger partial charge in [-0.2, -0.15) is 0 Å². The van der Waals surface area contributed by atoms with E-state index in [1.807, 2.05) is 12.4 Å². The van der Waals surface area contributed by atoms with Crippen molar-refractivity contribution in [2.75, 3.05) is 18.0 Å². The highest BCUT2D eigenvalue weighted by Gasteiger charge is 2.17. The molecule has 172 valence electrons. The molecule has 1 aliphatic rings. The first-order valence-electron chi connectivity index (χ1n) is 12.4. The monoisotopic (exact) mass is 441 g/mol. The molecule has 3 aromatic rings. The Morgan fingerprint density at radius 3 is 2.45 bits per heavy atom. The number of rotatable bonds is 9. The van der Waals surface area contributed by atoms with Crippen LogP contribution in [-0.2, 0) is 24.1 Å². The normalized spacial score (nSPS) is 14.4. The number of aryl methyl sites for hydroxylation is 2. The Kier molecular flexibility index (Phi) is 7.87. The molecular weight excluding hydrogens is 406 g/mol. The number of anilines is 1. The Balaban J connectivity index is 1.22. The standard InChI is InChI=1S/C29H35N3O/c1-3-23-6-4-8-26(18-23)28-12-10-24(20-30-28)7-5-9-27(33)19-25-11-13-29(31-21-25)32-16-14-22(2)15-17-32/h4,6,8,10-13,18,20-22H,3,5,7,9,14-17,19H2,1-2H3. The van der Waals surface area contributed by atoms with E-state index < -0.39 is 0 Å². The van der Waals surface area contributed by atoms with Crippen LogP contribution in [0.25, 0.3) is 11.3 Å². The molecule has 0 atom stereocenters. The van der Waals surface area contributed by atoms with Gasteiger partial charge in [-0.1, -0.05) is 44.2 Å². The molecule has 1 fully saturated rings. The topological polar surface area (TPSA) is 46.1 Å². The van der Waals surface area contributed by atoms with Crippen LogP contribution >= 0.6 is 0 Å². The van der Waals surface area contributed by atoms with Crippen LogP contribution in [-0.4, -0.2) is 28.8 Å². The highest BCUT2D eigenvalue weighted by atomic mass is 16.1. The molecule has 0 aliphatic carbocycles. The first kappa shape index (κ1) is 23.2. The summed E-state index contributed by atoms with van der Waals surface area (Å²) in [5.41, 5.74) is 5.67. The number of benzene rings is 1. The highest BCUT2D eigenvalue weighted by Crippen LogP contribution is 2.22. The molecule has 1 aromatic carbocycles. The zero-order valence-electron chi connectivity index (χ0n) is 20.0. The fraction of sp³-hybridized carbons (Fsp3) is 0.414. The van der Waals surface area contributed by atoms with Crippen molar-refractivity contribution in [2.24, 2.45) is 5.92 Å². The van der Waals surface area contributed by atoms with Gasteiger partial charge in [0.15, 0.2) is 0 Å². The van der Waals surface area contributed by atoms with Gasteiger partial charge in [0.1, 0.15) is 11.6 Å². The van der Waals surface area contributed by atoms with Gasteiger partial charge < -0.3 is 4.90 Å². The van der Waals surface area contributed by atoms with Crippen molar-refractivity contribution in [3.8, 4) is 11.3 Å². The summed E-state index contributed by atoms with van der Waals surface area (Å²) >= 11 is 0. The second-order valence-electron chi connectivity index (χ2n) is 9.37. The number of piperidine rings is 1. The summed E-state index contributed by atoms with van der Waals surface area (Å²) in [5, 5.41) is 0. The lowest BCUT2D eigenvalue weighted by atomic mass is 9.99. The maximum absolute atomic E-state index is 12.5. The van der Waals surface area contributed by atoms with Gasteiger partial charge in [-0.15, -0.1) is 0 Å². The molecule has 4 rings (SSSR count). The minimum atomic E-state index is 0.275. The number of nitrogens with zero attached hydrogens (tertiary/aromatic N) is 3. The molecule has 0 unspecified atom stereocenters. The molecular formula is C29H35N3O. The molecule has 0 bridgehead atoms. The van der Waals surface area contributed by atoms with E-state index in [0.29, 0.717) is 12.8 Å². The predicted molar refractivity (Wildman–Crippen MR) is 136 cm³/mol. The molecule has 0 radical (unpaired) electrons. The molecule has 3 heterocycles. The number of aromatic nitrogens is 2. The van der Waals surface area contributed by atoms with Crippen LogP contribution in [0, 0.1) is 5.92 Å². The van der Waals surface area contributed by atoms with E-state index in [1.54, 1.807) is 0 Å². The Bertz CT molecular complexity index is 1040. The van der Waals surface area contributed by atoms with Crippen LogP contribution in [0.2, 0.25) is 0 Å². The largest absolute Gasteiger partial charge is 0.357 e. The lowest BCUT2D eigenvalue weighted by Gasteiger charge is -2.31. The summed E-state index contributed by atoms with van der Waals surface area (Å²) in [6, 6.07) is 16.9. The van der Waals surface area contributed by atoms with Crippen molar-refractivity contribution in [1.82, 2.24) is 9.97 Å². The summed E-state index contributed by atoms with van der Waals surface area (Å²) in [5.74, 6) is 2.12. The third-order valence-corrected chi connectivity index (χ3v) is 6.69. The second kappa shape index (κ2) is 11.2. The summed E-state index contributed by atoms with van der Waals surface area (Å²) < 4.78 is 0. The SMILES string of the molecule is CCc1cccc(-c2ccc(CCCC(=O)Cc3ccc(N4CCC(C)CC4)nc3)cn2)c1. The van der Waals surface area contributed by atoms with Crippen LogP contribution in [0.5, 0.6) is 0 Å². The average molecular weight is 442 g/mol. The van der Waals surface area contributed by atoms with Crippen molar-refractivity contribution in [3.05, 3.63) is 77.6 Å². The zero-order chi connectivity index (χ0) is 23.0. The van der Waals surface area contributed by atoms with Crippen molar-refractivity contribution >= 4 is 11.6 Å². The minimum absolute atomic E-state index is 0.275. The number of hydrogen-bond donors (Lipinski definition) is 0. The molecule has 2 aromatic heterocycles. The second-order valence-corrected chi connectivity index (χ2v) is 9.37. The lowest BCUT2D eigenvalue weighted by molar-refractivity contribution is -0.118. The van der Waals surface area contributed by atoms with Gasteiger partial charge in [-0.25, -0.2) is 4.98 Å². The quantitative estimate of drug-likeness (QED) is 0.404. The van der Waals surface area contributed by atoms with Gasteiger partial charge in [0.2, 0.25) is 0 Å². The fourth-order valence-electron chi connectivity index (χ4n) is 4.45. The minimum Gasteiger partial charge on any atom is -0.357 e. The van der Waals surface area contributed by atoms with Gasteiger partial charge >= 0.3 is 0 Å². The maximum atomic E-state index is 12.5. The number of carbonyl (C=O) groups is 1. The van der Waals surface area contributed by atoms with E-state index in [1.165, 1.54) is 24.0 Å². The fourth-order valence-corrected chi connectivity index (χ4v) is 4.45. The molecule has 0 N–H and O–H groups in total. The smallest absolute Gasteiger partial charge is 0.137 e. The molecule has 1 saturated heterocycles. The maximum Gasteiger partial charge on any atom is 0.137 e. The lowest BCUT2D eigenvalue weighted by Crippen LogP contribution is -2.33.